The van der Waals surface area contributed by atoms with Crippen molar-refractivity contribution in [2.24, 2.45) is 0 Å². The second kappa shape index (κ2) is 10.6. The number of nitrogens with one attached hydrogen (secondary N) is 1. The number of rotatable bonds is 8. The number of nitriles is 1. The fourth-order valence-electron chi connectivity index (χ4n) is 3.23. The molecule has 33 heavy (non-hydrogen) atoms. The van der Waals surface area contributed by atoms with Gasteiger partial charge in [0.1, 0.15) is 23.9 Å². The van der Waals surface area contributed by atoms with Crippen LogP contribution in [0.1, 0.15) is 27.8 Å². The molecule has 0 bridgehead atoms. The van der Waals surface area contributed by atoms with Crippen molar-refractivity contribution in [1.29, 1.82) is 5.26 Å². The van der Waals surface area contributed by atoms with Crippen LogP contribution in [-0.2, 0) is 12.8 Å². The highest BCUT2D eigenvalue weighted by Gasteiger charge is 2.08. The van der Waals surface area contributed by atoms with Gasteiger partial charge in [0.25, 0.3) is 5.56 Å². The van der Waals surface area contributed by atoms with Gasteiger partial charge in [0, 0.05) is 36.3 Å². The number of ether oxygens (including phenoxy) is 1. The summed E-state index contributed by atoms with van der Waals surface area (Å²) < 4.78 is 5.89. The van der Waals surface area contributed by atoms with Gasteiger partial charge < -0.3 is 9.72 Å². The van der Waals surface area contributed by atoms with E-state index in [1.165, 1.54) is 18.1 Å². The van der Waals surface area contributed by atoms with Crippen LogP contribution in [0.25, 0.3) is 0 Å². The van der Waals surface area contributed by atoms with Crippen LogP contribution in [0.2, 0.25) is 0 Å². The van der Waals surface area contributed by atoms with E-state index in [9.17, 15) is 10.1 Å². The summed E-state index contributed by atoms with van der Waals surface area (Å²) in [7, 11) is 0. The molecule has 0 amide bonds. The summed E-state index contributed by atoms with van der Waals surface area (Å²) in [4.78, 5) is 27.5. The molecule has 164 valence electrons. The van der Waals surface area contributed by atoms with Crippen molar-refractivity contribution in [3.63, 3.8) is 0 Å². The van der Waals surface area contributed by atoms with Crippen molar-refractivity contribution >= 4 is 11.8 Å². The third-order valence-corrected chi connectivity index (χ3v) is 5.76. The number of aromatic nitrogens is 4. The molecule has 8 heteroatoms. The first-order valence-corrected chi connectivity index (χ1v) is 11.3. The minimum atomic E-state index is -0.166. The fraction of sp³-hybridized carbons (Fsp3) is 0.160. The number of hydrogen-bond acceptors (Lipinski definition) is 7. The van der Waals surface area contributed by atoms with Crippen LogP contribution in [0.4, 0.5) is 0 Å². The lowest BCUT2D eigenvalue weighted by Crippen LogP contribution is -2.15. The van der Waals surface area contributed by atoms with Crippen LogP contribution in [0.3, 0.4) is 0 Å². The van der Waals surface area contributed by atoms with E-state index in [0.717, 1.165) is 23.1 Å². The number of benzene rings is 2. The van der Waals surface area contributed by atoms with E-state index in [4.69, 9.17) is 4.74 Å². The fourth-order valence-corrected chi connectivity index (χ4v) is 4.05. The summed E-state index contributed by atoms with van der Waals surface area (Å²) in [6, 6.07) is 15.5. The predicted octanol–water partition coefficient (Wildman–Crippen LogP) is 4.46. The number of aryl methyl sites for hydroxylation is 2. The summed E-state index contributed by atoms with van der Waals surface area (Å²) in [5.41, 5.74) is 3.85. The first-order chi connectivity index (χ1) is 16.1. The SMILES string of the molecule is Cc1cccc(Oc2ccc(CCSc3ncc(Cc4cncnc4)c(=O)[nH]3)cc2C#N)c1. The molecule has 7 nitrogen and oxygen atoms in total. The van der Waals surface area contributed by atoms with Crippen molar-refractivity contribution < 1.29 is 4.74 Å². The largest absolute Gasteiger partial charge is 0.456 e. The summed E-state index contributed by atoms with van der Waals surface area (Å²) in [6.07, 6.45) is 7.57. The molecule has 0 unspecified atom stereocenters. The Morgan fingerprint density at radius 3 is 2.70 bits per heavy atom. The van der Waals surface area contributed by atoms with Gasteiger partial charge in [-0.25, -0.2) is 15.0 Å². The van der Waals surface area contributed by atoms with E-state index in [1.54, 1.807) is 18.6 Å². The van der Waals surface area contributed by atoms with Crippen molar-refractivity contribution in [2.75, 3.05) is 5.75 Å². The summed E-state index contributed by atoms with van der Waals surface area (Å²) in [5, 5.41) is 10.1. The average molecular weight is 456 g/mol. The second-order valence-corrected chi connectivity index (χ2v) is 8.51. The number of H-pyrrole nitrogens is 1. The van der Waals surface area contributed by atoms with Crippen LogP contribution in [0.15, 0.2) is 77.3 Å². The van der Waals surface area contributed by atoms with Crippen molar-refractivity contribution in [3.8, 4) is 17.6 Å². The molecule has 0 saturated carbocycles. The van der Waals surface area contributed by atoms with Gasteiger partial charge in [-0.3, -0.25) is 4.79 Å². The average Bonchev–Trinajstić information content (AvgIpc) is 2.82. The van der Waals surface area contributed by atoms with E-state index >= 15 is 0 Å². The van der Waals surface area contributed by atoms with Crippen molar-refractivity contribution in [3.05, 3.63) is 106 Å². The Hall–Kier alpha value is -3.96. The Morgan fingerprint density at radius 1 is 1.09 bits per heavy atom. The number of aromatic amines is 1. The molecule has 1 N–H and O–H groups in total. The normalized spacial score (nSPS) is 10.5. The van der Waals surface area contributed by atoms with Gasteiger partial charge in [0.05, 0.1) is 5.56 Å². The van der Waals surface area contributed by atoms with Gasteiger partial charge in [-0.1, -0.05) is 30.0 Å². The van der Waals surface area contributed by atoms with Gasteiger partial charge in [-0.15, -0.1) is 0 Å². The molecule has 0 spiro atoms. The molecule has 4 rings (SSSR count). The Labute approximate surface area is 195 Å². The van der Waals surface area contributed by atoms with Crippen LogP contribution in [0, 0.1) is 18.3 Å². The first kappa shape index (κ1) is 22.2. The second-order valence-electron chi connectivity index (χ2n) is 7.43. The zero-order chi connectivity index (χ0) is 23.0. The molecule has 0 aliphatic heterocycles. The molecular weight excluding hydrogens is 434 g/mol. The molecule has 2 heterocycles. The third kappa shape index (κ3) is 6.05. The van der Waals surface area contributed by atoms with Crippen molar-refractivity contribution in [2.45, 2.75) is 24.9 Å². The maximum absolute atomic E-state index is 12.4. The quantitative estimate of drug-likeness (QED) is 0.309. The van der Waals surface area contributed by atoms with E-state index in [2.05, 4.69) is 26.0 Å². The van der Waals surface area contributed by atoms with Gasteiger partial charge in [0.2, 0.25) is 0 Å². The van der Waals surface area contributed by atoms with Crippen LogP contribution in [0.5, 0.6) is 11.5 Å². The summed E-state index contributed by atoms with van der Waals surface area (Å²) in [6.45, 7) is 1.99. The summed E-state index contributed by atoms with van der Waals surface area (Å²) in [5.74, 6) is 1.94. The molecule has 0 aliphatic carbocycles. The molecule has 0 atom stereocenters. The number of hydrogen-bond donors (Lipinski definition) is 1. The molecule has 0 fully saturated rings. The summed E-state index contributed by atoms with van der Waals surface area (Å²) >= 11 is 1.46. The molecule has 0 saturated heterocycles. The topological polar surface area (TPSA) is 105 Å². The van der Waals surface area contributed by atoms with Crippen LogP contribution in [-0.4, -0.2) is 25.7 Å². The molecular formula is C25H21N5O2S. The van der Waals surface area contributed by atoms with Gasteiger partial charge in [0.15, 0.2) is 5.16 Å². The highest BCUT2D eigenvalue weighted by molar-refractivity contribution is 7.99. The highest BCUT2D eigenvalue weighted by Crippen LogP contribution is 2.27. The van der Waals surface area contributed by atoms with Gasteiger partial charge >= 0.3 is 0 Å². The Kier molecular flexibility index (Phi) is 7.12. The lowest BCUT2D eigenvalue weighted by Gasteiger charge is -2.10. The minimum absolute atomic E-state index is 0.166. The van der Waals surface area contributed by atoms with Crippen LogP contribution >= 0.6 is 11.8 Å². The highest BCUT2D eigenvalue weighted by atomic mass is 32.2. The lowest BCUT2D eigenvalue weighted by atomic mass is 10.1. The van der Waals surface area contributed by atoms with Crippen LogP contribution < -0.4 is 10.3 Å². The van der Waals surface area contributed by atoms with Gasteiger partial charge in [-0.2, -0.15) is 5.26 Å². The third-order valence-electron chi connectivity index (χ3n) is 4.87. The molecule has 2 aromatic carbocycles. The molecule has 4 aromatic rings. The molecule has 0 aliphatic rings. The van der Waals surface area contributed by atoms with E-state index < -0.39 is 0 Å². The van der Waals surface area contributed by atoms with Crippen molar-refractivity contribution in [1.82, 2.24) is 19.9 Å². The lowest BCUT2D eigenvalue weighted by molar-refractivity contribution is 0.480. The van der Waals surface area contributed by atoms with Gasteiger partial charge in [-0.05, 0) is 54.3 Å². The zero-order valence-corrected chi connectivity index (χ0v) is 18.8. The standard InChI is InChI=1S/C25H21N5O2S/c1-17-3-2-4-22(9-17)32-23-6-5-18(10-20(23)12-26)7-8-33-25-29-15-21(24(31)30-25)11-19-13-27-16-28-14-19/h2-6,9-10,13-16H,7-8,11H2,1H3,(H,29,30,31). The first-order valence-electron chi connectivity index (χ1n) is 10.3. The zero-order valence-electron chi connectivity index (χ0n) is 18.0. The molecule has 2 aromatic heterocycles. The monoisotopic (exact) mass is 455 g/mol. The minimum Gasteiger partial charge on any atom is -0.456 e. The van der Waals surface area contributed by atoms with E-state index in [1.807, 2.05) is 49.4 Å². The van der Waals surface area contributed by atoms with E-state index in [-0.39, 0.29) is 5.56 Å². The van der Waals surface area contributed by atoms with E-state index in [0.29, 0.717) is 40.0 Å². The smallest absolute Gasteiger partial charge is 0.255 e. The Bertz CT molecular complexity index is 1350. The predicted molar refractivity (Wildman–Crippen MR) is 127 cm³/mol. The Balaban J connectivity index is 1.36. The maximum Gasteiger partial charge on any atom is 0.255 e. The number of nitrogens with zero attached hydrogens (tertiary/aromatic N) is 4. The number of thioether (sulfide) groups is 1. The Morgan fingerprint density at radius 2 is 1.94 bits per heavy atom. The maximum atomic E-state index is 12.4. The molecule has 0 radical (unpaired) electrons.